The number of amides is 1. The van der Waals surface area contributed by atoms with Crippen LogP contribution in [-0.4, -0.2) is 51.6 Å². The third kappa shape index (κ3) is 4.98. The lowest BCUT2D eigenvalue weighted by atomic mass is 10.1. The zero-order valence-electron chi connectivity index (χ0n) is 13.0. The van der Waals surface area contributed by atoms with Crippen LogP contribution in [0.2, 0.25) is 0 Å². The number of carbonyl (C=O) groups is 1. The van der Waals surface area contributed by atoms with Crippen molar-refractivity contribution in [3.8, 4) is 0 Å². The Kier molecular flexibility index (Phi) is 6.09. The molecule has 0 spiro atoms. The van der Waals surface area contributed by atoms with E-state index in [0.717, 1.165) is 25.0 Å². The fourth-order valence-corrected chi connectivity index (χ4v) is 3.61. The third-order valence-corrected chi connectivity index (χ3v) is 5.28. The van der Waals surface area contributed by atoms with Crippen molar-refractivity contribution in [2.45, 2.75) is 30.7 Å². The summed E-state index contributed by atoms with van der Waals surface area (Å²) >= 11 is 0. The zero-order valence-corrected chi connectivity index (χ0v) is 13.8. The number of carbonyl (C=O) groups excluding carboxylic acids is 1. The van der Waals surface area contributed by atoms with Gasteiger partial charge in [0.25, 0.3) is 0 Å². The first-order chi connectivity index (χ1) is 10.9. The molecule has 1 aliphatic heterocycles. The van der Waals surface area contributed by atoms with E-state index in [1.54, 1.807) is 4.90 Å². The van der Waals surface area contributed by atoms with E-state index in [-0.39, 0.29) is 23.4 Å². The van der Waals surface area contributed by atoms with Gasteiger partial charge < -0.3 is 9.64 Å². The third-order valence-electron chi connectivity index (χ3n) is 3.80. The van der Waals surface area contributed by atoms with Gasteiger partial charge in [0.15, 0.2) is 0 Å². The number of nitrogens with zero attached hydrogens (tertiary/aromatic N) is 1. The summed E-state index contributed by atoms with van der Waals surface area (Å²) in [5.74, 6) is -0.580. The van der Waals surface area contributed by atoms with Crippen molar-refractivity contribution < 1.29 is 22.3 Å². The molecule has 2 rings (SSSR count). The topological polar surface area (TPSA) is 75.7 Å². The number of benzene rings is 1. The van der Waals surface area contributed by atoms with Crippen LogP contribution >= 0.6 is 0 Å². The van der Waals surface area contributed by atoms with E-state index in [4.69, 9.17) is 4.74 Å². The van der Waals surface area contributed by atoms with Crippen molar-refractivity contribution in [3.05, 3.63) is 30.1 Å². The minimum Gasteiger partial charge on any atom is -0.381 e. The average molecular weight is 344 g/mol. The Morgan fingerprint density at radius 1 is 1.30 bits per heavy atom. The Labute approximate surface area is 135 Å². The number of hydrogen-bond donors (Lipinski definition) is 1. The van der Waals surface area contributed by atoms with Gasteiger partial charge in [-0.1, -0.05) is 0 Å². The van der Waals surface area contributed by atoms with Crippen LogP contribution < -0.4 is 4.72 Å². The van der Waals surface area contributed by atoms with Gasteiger partial charge in [0, 0.05) is 39.3 Å². The molecule has 0 bridgehead atoms. The molecular weight excluding hydrogens is 323 g/mol. The maximum atomic E-state index is 12.9. The van der Waals surface area contributed by atoms with Crippen molar-refractivity contribution in [3.63, 3.8) is 0 Å². The SMILES string of the molecule is CC(=O)N(CCNS(=O)(=O)c1ccc(F)cc1)C1CCOCC1. The molecule has 23 heavy (non-hydrogen) atoms. The normalized spacial score (nSPS) is 16.3. The fourth-order valence-electron chi connectivity index (χ4n) is 2.59. The van der Waals surface area contributed by atoms with Crippen LogP contribution in [0.3, 0.4) is 0 Å². The molecular formula is C15H21FN2O4S. The molecule has 1 N–H and O–H groups in total. The molecule has 0 aliphatic carbocycles. The van der Waals surface area contributed by atoms with Gasteiger partial charge in [-0.05, 0) is 37.1 Å². The molecule has 0 saturated carbocycles. The minimum atomic E-state index is -3.71. The van der Waals surface area contributed by atoms with Gasteiger partial charge in [0.05, 0.1) is 4.90 Å². The zero-order chi connectivity index (χ0) is 16.9. The van der Waals surface area contributed by atoms with E-state index in [2.05, 4.69) is 4.72 Å². The van der Waals surface area contributed by atoms with Crippen molar-refractivity contribution >= 4 is 15.9 Å². The Morgan fingerprint density at radius 2 is 1.91 bits per heavy atom. The first-order valence-corrected chi connectivity index (χ1v) is 8.98. The molecule has 1 aliphatic rings. The Bertz CT molecular complexity index is 627. The van der Waals surface area contributed by atoms with E-state index < -0.39 is 15.8 Å². The van der Waals surface area contributed by atoms with Crippen molar-refractivity contribution in [2.75, 3.05) is 26.3 Å². The lowest BCUT2D eigenvalue weighted by Gasteiger charge is -2.33. The van der Waals surface area contributed by atoms with Gasteiger partial charge >= 0.3 is 0 Å². The van der Waals surface area contributed by atoms with E-state index in [9.17, 15) is 17.6 Å². The van der Waals surface area contributed by atoms with E-state index in [1.807, 2.05) is 0 Å². The summed E-state index contributed by atoms with van der Waals surface area (Å²) in [4.78, 5) is 13.4. The molecule has 1 aromatic carbocycles. The number of nitrogens with one attached hydrogen (secondary N) is 1. The minimum absolute atomic E-state index is 0.000610. The van der Waals surface area contributed by atoms with Crippen LogP contribution in [0.1, 0.15) is 19.8 Å². The van der Waals surface area contributed by atoms with Gasteiger partial charge in [-0.25, -0.2) is 17.5 Å². The largest absolute Gasteiger partial charge is 0.381 e. The summed E-state index contributed by atoms with van der Waals surface area (Å²) in [5.41, 5.74) is 0. The highest BCUT2D eigenvalue weighted by Gasteiger charge is 2.24. The summed E-state index contributed by atoms with van der Waals surface area (Å²) in [6, 6.07) is 4.69. The van der Waals surface area contributed by atoms with E-state index in [1.165, 1.54) is 19.1 Å². The maximum Gasteiger partial charge on any atom is 0.240 e. The van der Waals surface area contributed by atoms with Crippen LogP contribution in [0.25, 0.3) is 0 Å². The highest BCUT2D eigenvalue weighted by molar-refractivity contribution is 7.89. The molecule has 0 aromatic heterocycles. The van der Waals surface area contributed by atoms with Gasteiger partial charge in [0.1, 0.15) is 5.82 Å². The first-order valence-electron chi connectivity index (χ1n) is 7.50. The van der Waals surface area contributed by atoms with Crippen molar-refractivity contribution in [1.82, 2.24) is 9.62 Å². The molecule has 1 fully saturated rings. The molecule has 128 valence electrons. The second-order valence-corrected chi connectivity index (χ2v) is 7.17. The smallest absolute Gasteiger partial charge is 0.240 e. The van der Waals surface area contributed by atoms with Gasteiger partial charge in [0.2, 0.25) is 15.9 Å². The Morgan fingerprint density at radius 3 is 2.48 bits per heavy atom. The van der Waals surface area contributed by atoms with Crippen molar-refractivity contribution in [2.24, 2.45) is 0 Å². The number of rotatable bonds is 6. The van der Waals surface area contributed by atoms with Crippen LogP contribution in [0, 0.1) is 5.82 Å². The van der Waals surface area contributed by atoms with Gasteiger partial charge in [-0.15, -0.1) is 0 Å². The van der Waals surface area contributed by atoms with Crippen LogP contribution in [-0.2, 0) is 19.6 Å². The summed E-state index contributed by atoms with van der Waals surface area (Å²) in [5, 5.41) is 0. The molecule has 1 saturated heterocycles. The van der Waals surface area contributed by atoms with E-state index >= 15 is 0 Å². The summed E-state index contributed by atoms with van der Waals surface area (Å²) < 4.78 is 44.8. The fraction of sp³-hybridized carbons (Fsp3) is 0.533. The second-order valence-electron chi connectivity index (χ2n) is 5.41. The molecule has 8 heteroatoms. The quantitative estimate of drug-likeness (QED) is 0.839. The number of hydrogen-bond acceptors (Lipinski definition) is 4. The van der Waals surface area contributed by atoms with Crippen LogP contribution in [0.15, 0.2) is 29.2 Å². The maximum absolute atomic E-state index is 12.9. The highest BCUT2D eigenvalue weighted by Crippen LogP contribution is 2.14. The molecule has 0 unspecified atom stereocenters. The van der Waals surface area contributed by atoms with Crippen LogP contribution in [0.5, 0.6) is 0 Å². The van der Waals surface area contributed by atoms with Crippen LogP contribution in [0.4, 0.5) is 4.39 Å². The molecule has 1 amide bonds. The second kappa shape index (κ2) is 7.85. The molecule has 0 atom stereocenters. The molecule has 1 heterocycles. The summed E-state index contributed by atoms with van der Waals surface area (Å²) in [6.07, 6.45) is 1.51. The van der Waals surface area contributed by atoms with Gasteiger partial charge in [-0.2, -0.15) is 0 Å². The van der Waals surface area contributed by atoms with E-state index in [0.29, 0.717) is 19.8 Å². The molecule has 6 nitrogen and oxygen atoms in total. The molecule has 1 aromatic rings. The standard InChI is InChI=1S/C15H21FN2O4S/c1-12(19)18(14-6-10-22-11-7-14)9-8-17-23(20,21)15-4-2-13(16)3-5-15/h2-5,14,17H,6-11H2,1H3. The summed E-state index contributed by atoms with van der Waals surface area (Å²) in [6.45, 7) is 3.09. The number of halogens is 1. The summed E-state index contributed by atoms with van der Waals surface area (Å²) in [7, 11) is -3.71. The Hall–Kier alpha value is -1.51. The first kappa shape index (κ1) is 17.8. The van der Waals surface area contributed by atoms with Crippen molar-refractivity contribution in [1.29, 1.82) is 0 Å². The predicted molar refractivity (Wildman–Crippen MR) is 82.8 cm³/mol. The monoisotopic (exact) mass is 344 g/mol. The lowest BCUT2D eigenvalue weighted by Crippen LogP contribution is -2.46. The molecule has 0 radical (unpaired) electrons. The number of sulfonamides is 1. The lowest BCUT2D eigenvalue weighted by molar-refractivity contribution is -0.132. The van der Waals surface area contributed by atoms with Gasteiger partial charge in [-0.3, -0.25) is 4.79 Å². The Balaban J connectivity index is 1.93. The predicted octanol–water partition coefficient (Wildman–Crippen LogP) is 1.13. The average Bonchev–Trinajstić information content (AvgIpc) is 2.52. The number of ether oxygens (including phenoxy) is 1. The highest BCUT2D eigenvalue weighted by atomic mass is 32.2.